The van der Waals surface area contributed by atoms with E-state index >= 15 is 0 Å². The molecule has 1 aliphatic heterocycles. The van der Waals surface area contributed by atoms with Crippen molar-refractivity contribution in [2.45, 2.75) is 31.8 Å². The maximum atomic E-state index is 4.32. The Bertz CT molecular complexity index is 286. The lowest BCUT2D eigenvalue weighted by Crippen LogP contribution is -2.36. The van der Waals surface area contributed by atoms with Crippen molar-refractivity contribution in [3.05, 3.63) is 16.6 Å². The average molecular weight is 225 g/mol. The van der Waals surface area contributed by atoms with Crippen molar-refractivity contribution in [2.24, 2.45) is 0 Å². The molecule has 15 heavy (non-hydrogen) atoms. The van der Waals surface area contributed by atoms with Crippen molar-refractivity contribution in [1.82, 2.24) is 15.2 Å². The van der Waals surface area contributed by atoms with Gasteiger partial charge in [-0.3, -0.25) is 0 Å². The van der Waals surface area contributed by atoms with Crippen LogP contribution in [0.4, 0.5) is 0 Å². The second-order valence-electron chi connectivity index (χ2n) is 4.28. The molecule has 3 nitrogen and oxygen atoms in total. The summed E-state index contributed by atoms with van der Waals surface area (Å²) in [7, 11) is 2.22. The summed E-state index contributed by atoms with van der Waals surface area (Å²) in [4.78, 5) is 6.77. The lowest BCUT2D eigenvalue weighted by Gasteiger charge is -2.21. The first-order valence-corrected chi connectivity index (χ1v) is 6.48. The number of nitrogens with one attached hydrogen (secondary N) is 1. The molecule has 1 aromatic heterocycles. The normalized spacial score (nSPS) is 24.5. The van der Waals surface area contributed by atoms with Gasteiger partial charge in [0, 0.05) is 24.2 Å². The Labute approximate surface area is 95.5 Å². The second-order valence-corrected chi connectivity index (χ2v) is 5.20. The Hall–Kier alpha value is -0.450. The largest absolute Gasteiger partial charge is 0.307 e. The van der Waals surface area contributed by atoms with Crippen LogP contribution in [0.1, 0.15) is 30.8 Å². The van der Waals surface area contributed by atoms with E-state index in [1.165, 1.54) is 24.4 Å². The van der Waals surface area contributed by atoms with Crippen molar-refractivity contribution in [2.75, 3.05) is 20.1 Å². The minimum Gasteiger partial charge on any atom is -0.307 e. The summed E-state index contributed by atoms with van der Waals surface area (Å²) in [6.45, 7) is 4.52. The van der Waals surface area contributed by atoms with Crippen molar-refractivity contribution in [3.8, 4) is 0 Å². The van der Waals surface area contributed by atoms with Gasteiger partial charge in [-0.25, -0.2) is 4.98 Å². The molecule has 0 spiro atoms. The van der Waals surface area contributed by atoms with Crippen LogP contribution in [-0.2, 0) is 0 Å². The van der Waals surface area contributed by atoms with Crippen LogP contribution in [-0.4, -0.2) is 36.1 Å². The Balaban J connectivity index is 1.78. The summed E-state index contributed by atoms with van der Waals surface area (Å²) in [6.07, 6.45) is 4.54. The summed E-state index contributed by atoms with van der Waals surface area (Å²) >= 11 is 1.73. The molecule has 1 fully saturated rings. The first-order chi connectivity index (χ1) is 7.27. The molecule has 84 valence electrons. The van der Waals surface area contributed by atoms with Gasteiger partial charge in [0.15, 0.2) is 0 Å². The molecular weight excluding hydrogens is 206 g/mol. The Morgan fingerprint density at radius 1 is 1.73 bits per heavy atom. The lowest BCUT2D eigenvalue weighted by atomic mass is 10.2. The highest BCUT2D eigenvalue weighted by atomic mass is 32.1. The van der Waals surface area contributed by atoms with E-state index < -0.39 is 0 Å². The smallest absolute Gasteiger partial charge is 0.109 e. The van der Waals surface area contributed by atoms with E-state index in [2.05, 4.69) is 29.2 Å². The van der Waals surface area contributed by atoms with Crippen molar-refractivity contribution in [1.29, 1.82) is 0 Å². The number of likely N-dealkylation sites (tertiary alicyclic amines) is 1. The van der Waals surface area contributed by atoms with Crippen molar-refractivity contribution in [3.63, 3.8) is 0 Å². The van der Waals surface area contributed by atoms with Gasteiger partial charge in [-0.15, -0.1) is 11.3 Å². The molecule has 2 heterocycles. The predicted molar refractivity (Wildman–Crippen MR) is 64.2 cm³/mol. The van der Waals surface area contributed by atoms with Crippen molar-refractivity contribution >= 4 is 11.3 Å². The molecule has 1 aliphatic rings. The topological polar surface area (TPSA) is 28.2 Å². The number of rotatable bonds is 4. The average Bonchev–Trinajstić information content (AvgIpc) is 2.85. The van der Waals surface area contributed by atoms with E-state index in [1.807, 2.05) is 11.6 Å². The van der Waals surface area contributed by atoms with Gasteiger partial charge in [-0.1, -0.05) is 0 Å². The minimum atomic E-state index is 0.388. The monoisotopic (exact) mass is 225 g/mol. The van der Waals surface area contributed by atoms with Gasteiger partial charge in [0.1, 0.15) is 5.01 Å². The van der Waals surface area contributed by atoms with Gasteiger partial charge in [-0.05, 0) is 33.4 Å². The van der Waals surface area contributed by atoms with Crippen LogP contribution >= 0.6 is 11.3 Å². The van der Waals surface area contributed by atoms with Crippen LogP contribution in [0.3, 0.4) is 0 Å². The zero-order chi connectivity index (χ0) is 10.7. The summed E-state index contributed by atoms with van der Waals surface area (Å²) in [5, 5.41) is 6.79. The molecule has 2 rings (SSSR count). The highest BCUT2D eigenvalue weighted by molar-refractivity contribution is 7.09. The molecule has 0 aliphatic carbocycles. The third kappa shape index (κ3) is 2.77. The van der Waals surface area contributed by atoms with Gasteiger partial charge in [0.25, 0.3) is 0 Å². The maximum Gasteiger partial charge on any atom is 0.109 e. The van der Waals surface area contributed by atoms with E-state index in [4.69, 9.17) is 0 Å². The quantitative estimate of drug-likeness (QED) is 0.848. The maximum absolute atomic E-state index is 4.32. The number of likely N-dealkylation sites (N-methyl/N-ethyl adjacent to an activating group) is 1. The first kappa shape index (κ1) is 11.0. The van der Waals surface area contributed by atoms with Crippen LogP contribution in [0.15, 0.2) is 11.6 Å². The molecule has 1 aromatic rings. The van der Waals surface area contributed by atoms with E-state index in [-0.39, 0.29) is 0 Å². The van der Waals surface area contributed by atoms with E-state index in [1.54, 1.807) is 11.3 Å². The lowest BCUT2D eigenvalue weighted by molar-refractivity contribution is 0.293. The van der Waals surface area contributed by atoms with Gasteiger partial charge in [-0.2, -0.15) is 0 Å². The fraction of sp³-hybridized carbons (Fsp3) is 0.727. The Morgan fingerprint density at radius 2 is 2.60 bits per heavy atom. The fourth-order valence-corrected chi connectivity index (χ4v) is 2.76. The molecule has 4 heteroatoms. The molecule has 2 unspecified atom stereocenters. The molecule has 0 bridgehead atoms. The van der Waals surface area contributed by atoms with Gasteiger partial charge < -0.3 is 10.2 Å². The van der Waals surface area contributed by atoms with Gasteiger partial charge in [0.2, 0.25) is 0 Å². The third-order valence-corrected chi connectivity index (χ3v) is 4.11. The van der Waals surface area contributed by atoms with Crippen LogP contribution in [0.25, 0.3) is 0 Å². The van der Waals surface area contributed by atoms with Crippen LogP contribution in [0.2, 0.25) is 0 Å². The molecule has 0 saturated carbocycles. The zero-order valence-electron chi connectivity index (χ0n) is 9.44. The molecule has 0 amide bonds. The van der Waals surface area contributed by atoms with Gasteiger partial charge in [0.05, 0.1) is 6.04 Å². The summed E-state index contributed by atoms with van der Waals surface area (Å²) in [6, 6.07) is 1.10. The highest BCUT2D eigenvalue weighted by Crippen LogP contribution is 2.17. The van der Waals surface area contributed by atoms with E-state index in [0.717, 1.165) is 6.54 Å². The van der Waals surface area contributed by atoms with Crippen LogP contribution in [0.5, 0.6) is 0 Å². The summed E-state index contributed by atoms with van der Waals surface area (Å²) in [5.41, 5.74) is 0. The molecule has 2 atom stereocenters. The first-order valence-electron chi connectivity index (χ1n) is 5.60. The number of aromatic nitrogens is 1. The van der Waals surface area contributed by atoms with E-state index in [9.17, 15) is 0 Å². The Kier molecular flexibility index (Phi) is 3.72. The molecule has 1 N–H and O–H groups in total. The fourth-order valence-electron chi connectivity index (χ4n) is 2.09. The number of nitrogens with zero attached hydrogens (tertiary/aromatic N) is 2. The zero-order valence-corrected chi connectivity index (χ0v) is 10.3. The van der Waals surface area contributed by atoms with Crippen LogP contribution in [0, 0.1) is 0 Å². The number of hydrogen-bond donors (Lipinski definition) is 1. The number of hydrogen-bond acceptors (Lipinski definition) is 4. The van der Waals surface area contributed by atoms with E-state index in [0.29, 0.717) is 12.1 Å². The predicted octanol–water partition coefficient (Wildman–Crippen LogP) is 1.89. The highest BCUT2D eigenvalue weighted by Gasteiger charge is 2.21. The van der Waals surface area contributed by atoms with Crippen molar-refractivity contribution < 1.29 is 0 Å². The standard InChI is InChI=1S/C11H19N3S/c1-9(11-12-5-7-15-11)13-8-10-4-3-6-14(10)2/h5,7,9-10,13H,3-4,6,8H2,1-2H3. The summed E-state index contributed by atoms with van der Waals surface area (Å²) in [5.74, 6) is 0. The minimum absolute atomic E-state index is 0.388. The number of thiazole rings is 1. The molecule has 0 aromatic carbocycles. The SMILES string of the molecule is CC(NCC1CCCN1C)c1nccs1. The molecule has 1 saturated heterocycles. The summed E-state index contributed by atoms with van der Waals surface area (Å²) < 4.78 is 0. The Morgan fingerprint density at radius 3 is 3.20 bits per heavy atom. The molecule has 0 radical (unpaired) electrons. The van der Waals surface area contributed by atoms with Gasteiger partial charge >= 0.3 is 0 Å². The molecular formula is C11H19N3S. The third-order valence-electron chi connectivity index (χ3n) is 3.15. The van der Waals surface area contributed by atoms with Crippen LogP contribution < -0.4 is 5.32 Å². The second kappa shape index (κ2) is 5.05.